The van der Waals surface area contributed by atoms with E-state index in [9.17, 15) is 4.79 Å². The van der Waals surface area contributed by atoms with Crippen LogP contribution in [0.5, 0.6) is 0 Å². The van der Waals surface area contributed by atoms with E-state index in [2.05, 4.69) is 25.7 Å². The van der Waals surface area contributed by atoms with Crippen LogP contribution in [0.3, 0.4) is 0 Å². The van der Waals surface area contributed by atoms with Crippen molar-refractivity contribution in [1.29, 1.82) is 0 Å². The zero-order chi connectivity index (χ0) is 8.55. The zero-order valence-electron chi connectivity index (χ0n) is 6.40. The summed E-state index contributed by atoms with van der Waals surface area (Å²) in [6, 6.07) is -0.323. The van der Waals surface area contributed by atoms with Crippen LogP contribution in [0, 0.1) is 0 Å². The largest absolute Gasteiger partial charge is 0.307 e. The Morgan fingerprint density at radius 3 is 2.92 bits per heavy atom. The standard InChI is InChI=1S/C6H7N5O/c1-3-6(12)9-5(8-3)4-2-7-11-10-4/h2-3H,1H3,(H,7,10,11)(H,8,9,12). The van der Waals surface area contributed by atoms with Crippen molar-refractivity contribution in [2.24, 2.45) is 4.99 Å². The van der Waals surface area contributed by atoms with Crippen LogP contribution in [0.15, 0.2) is 11.2 Å². The molecule has 1 aliphatic rings. The van der Waals surface area contributed by atoms with Gasteiger partial charge in [-0.3, -0.25) is 9.79 Å². The highest BCUT2D eigenvalue weighted by molar-refractivity contribution is 6.12. The third-order valence-corrected chi connectivity index (χ3v) is 1.60. The van der Waals surface area contributed by atoms with E-state index < -0.39 is 0 Å². The van der Waals surface area contributed by atoms with Crippen LogP contribution in [0.1, 0.15) is 12.6 Å². The average molecular weight is 165 g/mol. The van der Waals surface area contributed by atoms with Gasteiger partial charge in [0.05, 0.1) is 6.20 Å². The van der Waals surface area contributed by atoms with Crippen molar-refractivity contribution in [3.63, 3.8) is 0 Å². The first-order valence-electron chi connectivity index (χ1n) is 3.52. The van der Waals surface area contributed by atoms with Gasteiger partial charge in [0, 0.05) is 0 Å². The van der Waals surface area contributed by atoms with E-state index in [1.54, 1.807) is 6.92 Å². The number of carbonyl (C=O) groups excluding carboxylic acids is 1. The molecular formula is C6H7N5O. The number of H-pyrrole nitrogens is 1. The van der Waals surface area contributed by atoms with Crippen molar-refractivity contribution >= 4 is 11.7 Å². The number of amides is 1. The molecule has 1 amide bonds. The second-order valence-electron chi connectivity index (χ2n) is 2.50. The third-order valence-electron chi connectivity index (χ3n) is 1.60. The molecule has 6 nitrogen and oxygen atoms in total. The Balaban J connectivity index is 2.28. The number of aliphatic imine (C=N–C) groups is 1. The molecule has 0 aliphatic carbocycles. The van der Waals surface area contributed by atoms with Crippen LogP contribution in [0.4, 0.5) is 0 Å². The molecule has 0 bridgehead atoms. The van der Waals surface area contributed by atoms with Crippen molar-refractivity contribution in [2.75, 3.05) is 0 Å². The molecule has 0 saturated heterocycles. The fourth-order valence-corrected chi connectivity index (χ4v) is 0.952. The maximum atomic E-state index is 11.0. The summed E-state index contributed by atoms with van der Waals surface area (Å²) in [5, 5.41) is 12.4. The monoisotopic (exact) mass is 165 g/mol. The van der Waals surface area contributed by atoms with Crippen LogP contribution in [-0.2, 0) is 4.79 Å². The van der Waals surface area contributed by atoms with E-state index in [4.69, 9.17) is 0 Å². The van der Waals surface area contributed by atoms with Gasteiger partial charge in [-0.2, -0.15) is 15.4 Å². The van der Waals surface area contributed by atoms with Gasteiger partial charge in [-0.1, -0.05) is 0 Å². The van der Waals surface area contributed by atoms with Crippen molar-refractivity contribution < 1.29 is 4.79 Å². The lowest BCUT2D eigenvalue weighted by Crippen LogP contribution is -2.28. The Labute approximate surface area is 68.1 Å². The number of hydrogen-bond acceptors (Lipinski definition) is 4. The van der Waals surface area contributed by atoms with Gasteiger partial charge < -0.3 is 5.32 Å². The molecule has 0 fully saturated rings. The molecule has 2 rings (SSSR count). The summed E-state index contributed by atoms with van der Waals surface area (Å²) in [7, 11) is 0. The Morgan fingerprint density at radius 1 is 1.58 bits per heavy atom. The summed E-state index contributed by atoms with van der Waals surface area (Å²) in [6.07, 6.45) is 1.51. The predicted octanol–water partition coefficient (Wildman–Crippen LogP) is -0.930. The summed E-state index contributed by atoms with van der Waals surface area (Å²) >= 11 is 0. The Morgan fingerprint density at radius 2 is 2.42 bits per heavy atom. The number of carbonyl (C=O) groups is 1. The number of rotatable bonds is 1. The minimum Gasteiger partial charge on any atom is -0.307 e. The van der Waals surface area contributed by atoms with Gasteiger partial charge in [0.15, 0.2) is 5.84 Å². The maximum Gasteiger partial charge on any atom is 0.250 e. The molecule has 0 aromatic carbocycles. The molecule has 0 saturated carbocycles. The van der Waals surface area contributed by atoms with Gasteiger partial charge in [-0.15, -0.1) is 0 Å². The SMILES string of the molecule is CC1N=C(c2cn[nH]n2)NC1=O. The number of amidine groups is 1. The molecule has 1 unspecified atom stereocenters. The summed E-state index contributed by atoms with van der Waals surface area (Å²) in [6.45, 7) is 1.72. The summed E-state index contributed by atoms with van der Waals surface area (Å²) in [5.41, 5.74) is 0.563. The summed E-state index contributed by atoms with van der Waals surface area (Å²) in [4.78, 5) is 15.0. The normalized spacial score (nSPS) is 22.2. The van der Waals surface area contributed by atoms with Crippen LogP contribution >= 0.6 is 0 Å². The first-order valence-corrected chi connectivity index (χ1v) is 3.52. The van der Waals surface area contributed by atoms with E-state index >= 15 is 0 Å². The molecule has 0 radical (unpaired) electrons. The lowest BCUT2D eigenvalue weighted by Gasteiger charge is -1.92. The predicted molar refractivity (Wildman–Crippen MR) is 40.5 cm³/mol. The smallest absolute Gasteiger partial charge is 0.250 e. The zero-order valence-corrected chi connectivity index (χ0v) is 6.40. The average Bonchev–Trinajstić information content (AvgIpc) is 2.61. The Hall–Kier alpha value is -1.72. The summed E-state index contributed by atoms with van der Waals surface area (Å²) in [5.74, 6) is 0.384. The lowest BCUT2D eigenvalue weighted by molar-refractivity contribution is -0.119. The van der Waals surface area contributed by atoms with E-state index in [0.29, 0.717) is 11.5 Å². The Bertz CT molecular complexity index is 328. The van der Waals surface area contributed by atoms with Gasteiger partial charge in [-0.25, -0.2) is 0 Å². The number of nitrogens with zero attached hydrogens (tertiary/aromatic N) is 3. The highest BCUT2D eigenvalue weighted by Gasteiger charge is 2.23. The molecular weight excluding hydrogens is 158 g/mol. The fraction of sp³-hybridized carbons (Fsp3) is 0.333. The molecule has 1 aliphatic heterocycles. The van der Waals surface area contributed by atoms with Crippen molar-refractivity contribution in [3.05, 3.63) is 11.9 Å². The van der Waals surface area contributed by atoms with Crippen LogP contribution in [-0.4, -0.2) is 33.2 Å². The van der Waals surface area contributed by atoms with Gasteiger partial charge in [0.1, 0.15) is 11.7 Å². The topological polar surface area (TPSA) is 83.0 Å². The van der Waals surface area contributed by atoms with Crippen LogP contribution in [0.2, 0.25) is 0 Å². The van der Waals surface area contributed by atoms with Crippen molar-refractivity contribution in [1.82, 2.24) is 20.7 Å². The van der Waals surface area contributed by atoms with E-state index in [1.165, 1.54) is 6.20 Å². The molecule has 0 spiro atoms. The molecule has 62 valence electrons. The fourth-order valence-electron chi connectivity index (χ4n) is 0.952. The molecule has 6 heteroatoms. The molecule has 2 heterocycles. The Kier molecular flexibility index (Phi) is 1.39. The van der Waals surface area contributed by atoms with E-state index in [-0.39, 0.29) is 11.9 Å². The third kappa shape index (κ3) is 0.969. The number of aromatic amines is 1. The number of hydrogen-bond donors (Lipinski definition) is 2. The van der Waals surface area contributed by atoms with Crippen molar-refractivity contribution in [2.45, 2.75) is 13.0 Å². The molecule has 1 aromatic heterocycles. The minimum absolute atomic E-state index is 0.104. The summed E-state index contributed by atoms with van der Waals surface area (Å²) < 4.78 is 0. The minimum atomic E-state index is -0.323. The van der Waals surface area contributed by atoms with Gasteiger partial charge in [-0.05, 0) is 6.92 Å². The van der Waals surface area contributed by atoms with Gasteiger partial charge >= 0.3 is 0 Å². The number of nitrogens with one attached hydrogen (secondary N) is 2. The van der Waals surface area contributed by atoms with Gasteiger partial charge in [0.2, 0.25) is 5.91 Å². The first kappa shape index (κ1) is 6.96. The molecule has 1 aromatic rings. The van der Waals surface area contributed by atoms with Gasteiger partial charge in [0.25, 0.3) is 0 Å². The molecule has 1 atom stereocenters. The second-order valence-corrected chi connectivity index (χ2v) is 2.50. The van der Waals surface area contributed by atoms with Crippen molar-refractivity contribution in [3.8, 4) is 0 Å². The highest BCUT2D eigenvalue weighted by atomic mass is 16.2. The maximum absolute atomic E-state index is 11.0. The van der Waals surface area contributed by atoms with Crippen LogP contribution in [0.25, 0.3) is 0 Å². The van der Waals surface area contributed by atoms with E-state index in [0.717, 1.165) is 0 Å². The van der Waals surface area contributed by atoms with Crippen LogP contribution < -0.4 is 5.32 Å². The highest BCUT2D eigenvalue weighted by Crippen LogP contribution is 2.03. The first-order chi connectivity index (χ1) is 5.77. The molecule has 12 heavy (non-hydrogen) atoms. The quantitative estimate of drug-likeness (QED) is 0.564. The second kappa shape index (κ2) is 2.40. The van der Waals surface area contributed by atoms with E-state index in [1.807, 2.05) is 0 Å². The molecule has 2 N–H and O–H groups in total. The number of aromatic nitrogens is 3. The lowest BCUT2D eigenvalue weighted by atomic mass is 10.4.